The van der Waals surface area contributed by atoms with E-state index in [1.165, 1.54) is 34.3 Å². The molecule has 0 spiro atoms. The minimum atomic E-state index is -3.90. The van der Waals surface area contributed by atoms with E-state index in [2.05, 4.69) is 15.9 Å². The second-order valence-corrected chi connectivity index (χ2v) is 10.3. The molecular weight excluding hydrogens is 467 g/mol. The number of rotatable bonds is 5. The van der Waals surface area contributed by atoms with Gasteiger partial charge in [0.15, 0.2) is 0 Å². The second kappa shape index (κ2) is 8.94. The molecular formula is C19H20BrFN2O3S2. The normalized spacial score (nSPS) is 15.6. The Labute approximate surface area is 177 Å². The molecule has 0 N–H and O–H groups in total. The first-order valence-corrected chi connectivity index (χ1v) is 11.9. The fourth-order valence-electron chi connectivity index (χ4n) is 2.98. The molecule has 2 aromatic rings. The van der Waals surface area contributed by atoms with Crippen molar-refractivity contribution in [3.63, 3.8) is 0 Å². The van der Waals surface area contributed by atoms with E-state index in [9.17, 15) is 17.6 Å². The van der Waals surface area contributed by atoms with Crippen LogP contribution < -0.4 is 0 Å². The lowest BCUT2D eigenvalue weighted by molar-refractivity contribution is -0.129. The van der Waals surface area contributed by atoms with E-state index in [4.69, 9.17) is 0 Å². The van der Waals surface area contributed by atoms with Gasteiger partial charge in [-0.2, -0.15) is 4.31 Å². The smallest absolute Gasteiger partial charge is 0.246 e. The zero-order chi connectivity index (χ0) is 20.3. The van der Waals surface area contributed by atoms with Crippen LogP contribution in [0.1, 0.15) is 5.56 Å². The van der Waals surface area contributed by atoms with Crippen molar-refractivity contribution in [1.82, 2.24) is 9.21 Å². The Hall–Kier alpha value is -1.42. The third-order valence-corrected chi connectivity index (χ3v) is 8.12. The molecule has 3 rings (SSSR count). The minimum Gasteiger partial charge on any atom is -0.339 e. The van der Waals surface area contributed by atoms with Crippen LogP contribution >= 0.6 is 27.7 Å². The maximum atomic E-state index is 13.9. The molecule has 1 saturated heterocycles. The number of sulfonamides is 1. The lowest BCUT2D eigenvalue weighted by atomic mass is 10.2. The first kappa shape index (κ1) is 21.3. The van der Waals surface area contributed by atoms with E-state index >= 15 is 0 Å². The van der Waals surface area contributed by atoms with Crippen molar-refractivity contribution in [2.24, 2.45) is 0 Å². The van der Waals surface area contributed by atoms with Crippen molar-refractivity contribution in [2.75, 3.05) is 31.9 Å². The second-order valence-electron chi connectivity index (χ2n) is 6.41. The first-order chi connectivity index (χ1) is 13.3. The summed E-state index contributed by atoms with van der Waals surface area (Å²) in [5, 5.41) is 0. The van der Waals surface area contributed by atoms with E-state index in [1.807, 2.05) is 25.1 Å². The Morgan fingerprint density at radius 1 is 1.14 bits per heavy atom. The van der Waals surface area contributed by atoms with Gasteiger partial charge in [0, 0.05) is 35.5 Å². The predicted molar refractivity (Wildman–Crippen MR) is 111 cm³/mol. The number of carbonyl (C=O) groups is 1. The summed E-state index contributed by atoms with van der Waals surface area (Å²) in [4.78, 5) is 14.9. The lowest BCUT2D eigenvalue weighted by Crippen LogP contribution is -2.51. The SMILES string of the molecule is Cc1cc(Br)ccc1SCC(=O)N1CCN(S(=O)(=O)c2ccccc2F)CC1. The number of benzene rings is 2. The number of amides is 1. The van der Waals surface area contributed by atoms with Gasteiger partial charge < -0.3 is 4.90 Å². The zero-order valence-corrected chi connectivity index (χ0v) is 18.5. The Morgan fingerprint density at radius 3 is 2.46 bits per heavy atom. The van der Waals surface area contributed by atoms with Crippen LogP contribution in [0.4, 0.5) is 4.39 Å². The van der Waals surface area contributed by atoms with Gasteiger partial charge in [0.25, 0.3) is 0 Å². The molecule has 1 heterocycles. The highest BCUT2D eigenvalue weighted by Crippen LogP contribution is 2.26. The van der Waals surface area contributed by atoms with Crippen molar-refractivity contribution >= 4 is 43.6 Å². The summed E-state index contributed by atoms with van der Waals surface area (Å²) >= 11 is 4.89. The van der Waals surface area contributed by atoms with Crippen LogP contribution in [-0.2, 0) is 14.8 Å². The maximum Gasteiger partial charge on any atom is 0.246 e. The quantitative estimate of drug-likeness (QED) is 0.606. The summed E-state index contributed by atoms with van der Waals surface area (Å²) in [6, 6.07) is 11.3. The van der Waals surface area contributed by atoms with E-state index < -0.39 is 15.8 Å². The number of thioether (sulfide) groups is 1. The van der Waals surface area contributed by atoms with Gasteiger partial charge in [0.1, 0.15) is 10.7 Å². The molecule has 28 heavy (non-hydrogen) atoms. The van der Waals surface area contributed by atoms with Crippen molar-refractivity contribution in [3.05, 3.63) is 58.3 Å². The monoisotopic (exact) mass is 486 g/mol. The van der Waals surface area contributed by atoms with Gasteiger partial charge >= 0.3 is 0 Å². The van der Waals surface area contributed by atoms with Crippen molar-refractivity contribution in [1.29, 1.82) is 0 Å². The van der Waals surface area contributed by atoms with Crippen LogP contribution in [0.5, 0.6) is 0 Å². The molecule has 5 nitrogen and oxygen atoms in total. The number of hydrogen-bond acceptors (Lipinski definition) is 4. The van der Waals surface area contributed by atoms with Gasteiger partial charge in [-0.05, 0) is 42.8 Å². The molecule has 0 aliphatic carbocycles. The van der Waals surface area contributed by atoms with Crippen molar-refractivity contribution in [3.8, 4) is 0 Å². The molecule has 9 heteroatoms. The molecule has 1 aliphatic rings. The highest BCUT2D eigenvalue weighted by atomic mass is 79.9. The van der Waals surface area contributed by atoms with Gasteiger partial charge in [-0.1, -0.05) is 28.1 Å². The van der Waals surface area contributed by atoms with Gasteiger partial charge in [0.2, 0.25) is 15.9 Å². The number of nitrogens with zero attached hydrogens (tertiary/aromatic N) is 2. The number of halogens is 2. The molecule has 0 radical (unpaired) electrons. The average molecular weight is 487 g/mol. The average Bonchev–Trinajstić information content (AvgIpc) is 2.67. The summed E-state index contributed by atoms with van der Waals surface area (Å²) < 4.78 is 41.4. The molecule has 2 aromatic carbocycles. The van der Waals surface area contributed by atoms with Gasteiger partial charge in [-0.25, -0.2) is 12.8 Å². The molecule has 1 aliphatic heterocycles. The van der Waals surface area contributed by atoms with Crippen LogP contribution in [0.15, 0.2) is 56.7 Å². The van der Waals surface area contributed by atoms with E-state index in [-0.39, 0.29) is 23.9 Å². The fourth-order valence-corrected chi connectivity index (χ4v) is 5.85. The molecule has 1 fully saturated rings. The van der Waals surface area contributed by atoms with Crippen molar-refractivity contribution < 1.29 is 17.6 Å². The summed E-state index contributed by atoms with van der Waals surface area (Å²) in [5.74, 6) is -0.500. The highest BCUT2D eigenvalue weighted by Gasteiger charge is 2.31. The van der Waals surface area contributed by atoms with Crippen LogP contribution in [0.25, 0.3) is 0 Å². The number of carbonyl (C=O) groups excluding carboxylic acids is 1. The number of hydrogen-bond donors (Lipinski definition) is 0. The standard InChI is InChI=1S/C19H20BrFN2O3S2/c1-14-12-15(20)6-7-17(14)27-13-19(24)22-8-10-23(11-9-22)28(25,26)18-5-3-2-4-16(18)21/h2-7,12H,8-11,13H2,1H3. The molecule has 1 amide bonds. The van der Waals surface area contributed by atoms with E-state index in [1.54, 1.807) is 4.90 Å². The summed E-state index contributed by atoms with van der Waals surface area (Å²) in [7, 11) is -3.90. The summed E-state index contributed by atoms with van der Waals surface area (Å²) in [6.07, 6.45) is 0. The Kier molecular flexibility index (Phi) is 6.80. The number of piperazine rings is 1. The fraction of sp³-hybridized carbons (Fsp3) is 0.316. The predicted octanol–water partition coefficient (Wildman–Crippen LogP) is 3.52. The largest absolute Gasteiger partial charge is 0.339 e. The van der Waals surface area contributed by atoms with Crippen LogP contribution in [0, 0.1) is 12.7 Å². The molecule has 0 bridgehead atoms. The van der Waals surface area contributed by atoms with Crippen LogP contribution in [0.3, 0.4) is 0 Å². The Morgan fingerprint density at radius 2 is 1.82 bits per heavy atom. The third-order valence-electron chi connectivity index (χ3n) is 4.53. The first-order valence-electron chi connectivity index (χ1n) is 8.70. The number of aryl methyl sites for hydroxylation is 1. The molecule has 0 atom stereocenters. The third kappa shape index (κ3) is 4.76. The topological polar surface area (TPSA) is 57.7 Å². The van der Waals surface area contributed by atoms with E-state index in [0.29, 0.717) is 18.8 Å². The van der Waals surface area contributed by atoms with Crippen molar-refractivity contribution in [2.45, 2.75) is 16.7 Å². The summed E-state index contributed by atoms with van der Waals surface area (Å²) in [6.45, 7) is 2.90. The Balaban J connectivity index is 1.57. The zero-order valence-electron chi connectivity index (χ0n) is 15.3. The molecule has 0 aromatic heterocycles. The summed E-state index contributed by atoms with van der Waals surface area (Å²) in [5.41, 5.74) is 1.09. The van der Waals surface area contributed by atoms with Crippen LogP contribution in [0.2, 0.25) is 0 Å². The lowest BCUT2D eigenvalue weighted by Gasteiger charge is -2.34. The van der Waals surface area contributed by atoms with Crippen LogP contribution in [-0.4, -0.2) is 55.5 Å². The van der Waals surface area contributed by atoms with Gasteiger partial charge in [0.05, 0.1) is 5.75 Å². The minimum absolute atomic E-state index is 0.0322. The van der Waals surface area contributed by atoms with E-state index in [0.717, 1.165) is 21.0 Å². The van der Waals surface area contributed by atoms with Gasteiger partial charge in [-0.3, -0.25) is 4.79 Å². The maximum absolute atomic E-state index is 13.9. The molecule has 150 valence electrons. The molecule has 0 unspecified atom stereocenters. The Bertz CT molecular complexity index is 977. The highest BCUT2D eigenvalue weighted by molar-refractivity contribution is 9.10. The molecule has 0 saturated carbocycles. The van der Waals surface area contributed by atoms with Gasteiger partial charge in [-0.15, -0.1) is 11.8 Å².